The number of carbonyl (C=O) groups excluding carboxylic acids is 1. The highest BCUT2D eigenvalue weighted by Gasteiger charge is 2.49. The SMILES string of the molecule is C[C@]1(O)CC2(CCN(C(=O)c3cc(F)cc(C#N)c3)CC2)OC[C@@H]1O. The lowest BCUT2D eigenvalue weighted by atomic mass is 9.76. The number of aliphatic hydroxyl groups excluding tert-OH is 1. The fraction of sp³-hybridized carbons (Fsp3) is 0.556. The summed E-state index contributed by atoms with van der Waals surface area (Å²) in [6.45, 7) is 2.47. The lowest BCUT2D eigenvalue weighted by molar-refractivity contribution is -0.221. The zero-order chi connectivity index (χ0) is 18.2. The number of likely N-dealkylation sites (tertiary alicyclic amines) is 1. The number of carbonyl (C=O) groups is 1. The van der Waals surface area contributed by atoms with Gasteiger partial charge in [0.05, 0.1) is 29.4 Å². The van der Waals surface area contributed by atoms with Crippen LogP contribution in [-0.4, -0.2) is 58.0 Å². The molecule has 0 bridgehead atoms. The van der Waals surface area contributed by atoms with E-state index in [0.717, 1.165) is 12.1 Å². The lowest BCUT2D eigenvalue weighted by Gasteiger charge is -2.49. The van der Waals surface area contributed by atoms with E-state index in [1.165, 1.54) is 6.07 Å². The highest BCUT2D eigenvalue weighted by Crippen LogP contribution is 2.39. The molecule has 134 valence electrons. The molecule has 6 nitrogen and oxygen atoms in total. The number of benzene rings is 1. The van der Waals surface area contributed by atoms with Crippen molar-refractivity contribution in [1.82, 2.24) is 4.90 Å². The van der Waals surface area contributed by atoms with Crippen LogP contribution >= 0.6 is 0 Å². The molecule has 2 atom stereocenters. The van der Waals surface area contributed by atoms with Gasteiger partial charge in [0.1, 0.15) is 11.9 Å². The summed E-state index contributed by atoms with van der Waals surface area (Å²) in [7, 11) is 0. The van der Waals surface area contributed by atoms with Crippen molar-refractivity contribution in [3.8, 4) is 6.07 Å². The minimum Gasteiger partial charge on any atom is -0.388 e. The van der Waals surface area contributed by atoms with Gasteiger partial charge in [-0.15, -0.1) is 0 Å². The van der Waals surface area contributed by atoms with Gasteiger partial charge in [-0.2, -0.15) is 5.26 Å². The van der Waals surface area contributed by atoms with E-state index in [2.05, 4.69) is 0 Å². The van der Waals surface area contributed by atoms with E-state index in [4.69, 9.17) is 10.00 Å². The Morgan fingerprint density at radius 2 is 2.08 bits per heavy atom. The van der Waals surface area contributed by atoms with Crippen molar-refractivity contribution in [1.29, 1.82) is 5.26 Å². The van der Waals surface area contributed by atoms with Crippen LogP contribution in [0.4, 0.5) is 4.39 Å². The first-order valence-corrected chi connectivity index (χ1v) is 8.29. The maximum absolute atomic E-state index is 13.6. The molecular formula is C18H21FN2O4. The zero-order valence-electron chi connectivity index (χ0n) is 14.0. The van der Waals surface area contributed by atoms with Crippen LogP contribution in [0.15, 0.2) is 18.2 Å². The first-order valence-electron chi connectivity index (χ1n) is 8.29. The molecule has 1 aromatic carbocycles. The predicted octanol–water partition coefficient (Wildman–Crippen LogP) is 1.20. The van der Waals surface area contributed by atoms with Gasteiger partial charge in [-0.1, -0.05) is 0 Å². The van der Waals surface area contributed by atoms with E-state index in [0.29, 0.717) is 32.4 Å². The number of nitrogens with zero attached hydrogens (tertiary/aromatic N) is 2. The quantitative estimate of drug-likeness (QED) is 0.795. The molecule has 25 heavy (non-hydrogen) atoms. The first-order chi connectivity index (χ1) is 11.7. The monoisotopic (exact) mass is 348 g/mol. The molecule has 2 saturated heterocycles. The second-order valence-electron chi connectivity index (χ2n) is 7.18. The Morgan fingerprint density at radius 3 is 2.68 bits per heavy atom. The minimum absolute atomic E-state index is 0.0658. The Balaban J connectivity index is 1.69. The minimum atomic E-state index is -1.21. The van der Waals surface area contributed by atoms with Crippen LogP contribution in [0, 0.1) is 17.1 Å². The van der Waals surface area contributed by atoms with Crippen molar-refractivity contribution < 1.29 is 24.1 Å². The molecule has 0 unspecified atom stereocenters. The number of ether oxygens (including phenoxy) is 1. The number of rotatable bonds is 1. The second-order valence-corrected chi connectivity index (χ2v) is 7.18. The number of halogens is 1. The van der Waals surface area contributed by atoms with E-state index in [1.54, 1.807) is 11.8 Å². The zero-order valence-corrected chi connectivity index (χ0v) is 14.0. The van der Waals surface area contributed by atoms with Gasteiger partial charge in [-0.25, -0.2) is 4.39 Å². The standard InChI is InChI=1S/C18H21FN2O4/c1-17(24)11-18(25-10-15(17)22)2-4-21(5-3-18)16(23)13-6-12(9-20)7-14(19)8-13/h6-8,15,22,24H,2-5,10-11H2,1H3/t15-,17-/m0/s1. The fourth-order valence-electron chi connectivity index (χ4n) is 3.66. The third-order valence-electron chi connectivity index (χ3n) is 5.18. The summed E-state index contributed by atoms with van der Waals surface area (Å²) >= 11 is 0. The molecule has 0 aliphatic carbocycles. The molecule has 2 aliphatic heterocycles. The number of amides is 1. The number of aliphatic hydroxyl groups is 2. The van der Waals surface area contributed by atoms with Gasteiger partial charge >= 0.3 is 0 Å². The topological polar surface area (TPSA) is 93.8 Å². The molecule has 2 fully saturated rings. The number of nitriles is 1. The molecule has 0 aromatic heterocycles. The van der Waals surface area contributed by atoms with Crippen molar-refractivity contribution in [2.24, 2.45) is 0 Å². The first kappa shape index (κ1) is 17.8. The average molecular weight is 348 g/mol. The van der Waals surface area contributed by atoms with Crippen LogP contribution < -0.4 is 0 Å². The van der Waals surface area contributed by atoms with Gasteiger partial charge in [0.2, 0.25) is 0 Å². The van der Waals surface area contributed by atoms with Crippen molar-refractivity contribution in [3.05, 3.63) is 35.1 Å². The number of piperidine rings is 1. The summed E-state index contributed by atoms with van der Waals surface area (Å²) < 4.78 is 19.3. The van der Waals surface area contributed by atoms with E-state index in [1.807, 2.05) is 6.07 Å². The summed E-state index contributed by atoms with van der Waals surface area (Å²) in [5.74, 6) is -0.940. The Kier molecular flexibility index (Phi) is 4.54. The van der Waals surface area contributed by atoms with Crippen molar-refractivity contribution in [2.75, 3.05) is 19.7 Å². The molecule has 7 heteroatoms. The van der Waals surface area contributed by atoms with Crippen molar-refractivity contribution in [2.45, 2.75) is 43.5 Å². The summed E-state index contributed by atoms with van der Waals surface area (Å²) in [4.78, 5) is 14.2. The van der Waals surface area contributed by atoms with Crippen LogP contribution in [0.25, 0.3) is 0 Å². The van der Waals surface area contributed by atoms with E-state index in [9.17, 15) is 19.4 Å². The number of hydrogen-bond acceptors (Lipinski definition) is 5. The molecule has 1 amide bonds. The smallest absolute Gasteiger partial charge is 0.254 e. The summed E-state index contributed by atoms with van der Waals surface area (Å²) in [6, 6.07) is 5.45. The van der Waals surface area contributed by atoms with Crippen LogP contribution in [0.3, 0.4) is 0 Å². The van der Waals surface area contributed by atoms with E-state index in [-0.39, 0.29) is 23.6 Å². The van der Waals surface area contributed by atoms with Crippen LogP contribution in [0.5, 0.6) is 0 Å². The Labute approximate surface area is 145 Å². The van der Waals surface area contributed by atoms with Gasteiger partial charge in [0.25, 0.3) is 5.91 Å². The molecule has 1 spiro atoms. The molecule has 0 saturated carbocycles. The maximum Gasteiger partial charge on any atom is 0.254 e. The normalized spacial score (nSPS) is 28.6. The van der Waals surface area contributed by atoms with E-state index < -0.39 is 23.1 Å². The molecule has 2 heterocycles. The lowest BCUT2D eigenvalue weighted by Crippen LogP contribution is -2.59. The van der Waals surface area contributed by atoms with E-state index >= 15 is 0 Å². The average Bonchev–Trinajstić information content (AvgIpc) is 2.58. The highest BCUT2D eigenvalue weighted by atomic mass is 19.1. The molecule has 3 rings (SSSR count). The summed E-state index contributed by atoms with van der Waals surface area (Å²) in [5.41, 5.74) is -1.51. The Morgan fingerprint density at radius 1 is 1.40 bits per heavy atom. The van der Waals surface area contributed by atoms with Gasteiger partial charge in [0, 0.05) is 25.1 Å². The van der Waals surface area contributed by atoms with Crippen LogP contribution in [0.2, 0.25) is 0 Å². The predicted molar refractivity (Wildman–Crippen MR) is 86.2 cm³/mol. The maximum atomic E-state index is 13.6. The third-order valence-corrected chi connectivity index (χ3v) is 5.18. The highest BCUT2D eigenvalue weighted by molar-refractivity contribution is 5.94. The molecule has 0 radical (unpaired) electrons. The van der Waals surface area contributed by atoms with Gasteiger partial charge in [0.15, 0.2) is 0 Å². The van der Waals surface area contributed by atoms with Crippen LogP contribution in [-0.2, 0) is 4.74 Å². The van der Waals surface area contributed by atoms with Crippen molar-refractivity contribution >= 4 is 5.91 Å². The Bertz CT molecular complexity index is 720. The van der Waals surface area contributed by atoms with Crippen molar-refractivity contribution in [3.63, 3.8) is 0 Å². The summed E-state index contributed by atoms with van der Waals surface area (Å²) in [6.07, 6.45) is 0.445. The molecule has 2 aliphatic rings. The second kappa shape index (κ2) is 6.37. The summed E-state index contributed by atoms with van der Waals surface area (Å²) in [5, 5.41) is 29.0. The molecule has 2 N–H and O–H groups in total. The van der Waals surface area contributed by atoms with Gasteiger partial charge in [-0.05, 0) is 38.0 Å². The van der Waals surface area contributed by atoms with Gasteiger partial charge in [-0.3, -0.25) is 4.79 Å². The molecular weight excluding hydrogens is 327 g/mol. The number of hydrogen-bond donors (Lipinski definition) is 2. The molecule has 1 aromatic rings. The third kappa shape index (κ3) is 3.52. The van der Waals surface area contributed by atoms with Crippen LogP contribution in [0.1, 0.15) is 42.1 Å². The Hall–Kier alpha value is -2.01. The largest absolute Gasteiger partial charge is 0.388 e. The fourth-order valence-corrected chi connectivity index (χ4v) is 3.66. The van der Waals surface area contributed by atoms with Gasteiger partial charge < -0.3 is 19.8 Å².